The third-order valence-corrected chi connectivity index (χ3v) is 7.31. The molecule has 0 fully saturated rings. The maximum Gasteiger partial charge on any atom is 0.273 e. The molecule has 0 aliphatic carbocycles. The first-order valence-electron chi connectivity index (χ1n) is 13.5. The molecule has 4 aromatic rings. The van der Waals surface area contributed by atoms with Gasteiger partial charge in [0.2, 0.25) is 0 Å². The fourth-order valence-electron chi connectivity index (χ4n) is 5.36. The third kappa shape index (κ3) is 5.09. The van der Waals surface area contributed by atoms with Crippen molar-refractivity contribution < 1.29 is 19.4 Å². The third-order valence-electron chi connectivity index (χ3n) is 7.31. The number of nitrogens with one attached hydrogen (secondary N) is 1. The Balaban J connectivity index is 1.57. The minimum absolute atomic E-state index is 0.0860. The van der Waals surface area contributed by atoms with Crippen LogP contribution in [0.4, 0.5) is 0 Å². The van der Waals surface area contributed by atoms with Crippen LogP contribution in [0.2, 0.25) is 0 Å². The highest BCUT2D eigenvalue weighted by Crippen LogP contribution is 2.46. The highest BCUT2D eigenvalue weighted by atomic mass is 16.5. The van der Waals surface area contributed by atoms with Gasteiger partial charge in [-0.3, -0.25) is 9.89 Å². The van der Waals surface area contributed by atoms with E-state index in [9.17, 15) is 9.90 Å². The van der Waals surface area contributed by atoms with Crippen LogP contribution in [0.15, 0.2) is 60.7 Å². The second kappa shape index (κ2) is 11.2. The topological polar surface area (TPSA) is 87.7 Å². The van der Waals surface area contributed by atoms with Gasteiger partial charge in [0.05, 0.1) is 13.2 Å². The predicted molar refractivity (Wildman–Crippen MR) is 151 cm³/mol. The number of rotatable bonds is 10. The molecular weight excluding hydrogens is 490 g/mol. The monoisotopic (exact) mass is 525 g/mol. The molecule has 0 radical (unpaired) electrons. The number of amides is 1. The Bertz CT molecular complexity index is 1480. The first-order valence-corrected chi connectivity index (χ1v) is 13.5. The largest absolute Gasteiger partial charge is 0.507 e. The molecule has 5 rings (SSSR count). The van der Waals surface area contributed by atoms with E-state index in [2.05, 4.69) is 17.1 Å². The summed E-state index contributed by atoms with van der Waals surface area (Å²) in [6.45, 7) is 7.05. The number of fused-ring (bicyclic) bond motifs is 1. The molecule has 0 spiro atoms. The molecule has 1 amide bonds. The van der Waals surface area contributed by atoms with E-state index < -0.39 is 0 Å². The number of methoxy groups -OCH3 is 1. The van der Waals surface area contributed by atoms with E-state index >= 15 is 0 Å². The molecule has 0 bridgehead atoms. The zero-order chi connectivity index (χ0) is 27.5. The molecule has 2 heterocycles. The number of phenols is 1. The summed E-state index contributed by atoms with van der Waals surface area (Å²) in [6.07, 6.45) is 2.99. The van der Waals surface area contributed by atoms with Gasteiger partial charge in [0.15, 0.2) is 11.5 Å². The summed E-state index contributed by atoms with van der Waals surface area (Å²) in [5.74, 6) is 1.31. The summed E-state index contributed by atoms with van der Waals surface area (Å²) in [4.78, 5) is 15.6. The van der Waals surface area contributed by atoms with E-state index in [1.54, 1.807) is 7.11 Å². The van der Waals surface area contributed by atoms with Gasteiger partial charge in [-0.05, 0) is 60.7 Å². The Morgan fingerprint density at radius 3 is 2.56 bits per heavy atom. The predicted octanol–water partition coefficient (Wildman–Crippen LogP) is 6.72. The standard InChI is InChI=1S/C32H35N3O4/c1-5-6-10-15-35-30(23-13-14-25(26(18-23)38-4)39-19-22-11-8-7-9-12-22)27-28(33-34-29(27)32(35)37)24-17-20(2)16-21(3)31(24)36/h7-9,11-14,16-18,30,36H,5-6,10,15,19H2,1-4H3,(H,33,34). The van der Waals surface area contributed by atoms with Crippen LogP contribution in [0, 0.1) is 13.8 Å². The zero-order valence-electron chi connectivity index (χ0n) is 23.0. The van der Waals surface area contributed by atoms with Gasteiger partial charge >= 0.3 is 0 Å². The molecule has 1 unspecified atom stereocenters. The molecule has 202 valence electrons. The van der Waals surface area contributed by atoms with Gasteiger partial charge in [0, 0.05) is 17.7 Å². The van der Waals surface area contributed by atoms with Crippen molar-refractivity contribution >= 4 is 5.91 Å². The van der Waals surface area contributed by atoms with Crippen molar-refractivity contribution in [3.05, 3.63) is 94.2 Å². The second-order valence-corrected chi connectivity index (χ2v) is 10.1. The SMILES string of the molecule is CCCCCN1C(=O)c2[nH]nc(-c3cc(C)cc(C)c3O)c2C1c1ccc(OCc2ccccc2)c(OC)c1. The first kappa shape index (κ1) is 26.4. The Hall–Kier alpha value is -4.26. The number of nitrogens with zero attached hydrogens (tertiary/aromatic N) is 2. The number of hydrogen-bond acceptors (Lipinski definition) is 5. The van der Waals surface area contributed by atoms with Crippen molar-refractivity contribution in [2.24, 2.45) is 0 Å². The molecule has 1 atom stereocenters. The summed E-state index contributed by atoms with van der Waals surface area (Å²) in [5.41, 5.74) is 6.19. The van der Waals surface area contributed by atoms with E-state index in [1.165, 1.54) is 0 Å². The van der Waals surface area contributed by atoms with E-state index in [4.69, 9.17) is 9.47 Å². The molecule has 1 aliphatic heterocycles. The van der Waals surface area contributed by atoms with Gasteiger partial charge in [-0.2, -0.15) is 5.10 Å². The van der Waals surface area contributed by atoms with Crippen molar-refractivity contribution in [3.63, 3.8) is 0 Å². The van der Waals surface area contributed by atoms with Crippen LogP contribution in [-0.4, -0.2) is 39.8 Å². The van der Waals surface area contributed by atoms with Crippen molar-refractivity contribution in [2.75, 3.05) is 13.7 Å². The lowest BCUT2D eigenvalue weighted by molar-refractivity contribution is 0.0740. The number of benzene rings is 3. The summed E-state index contributed by atoms with van der Waals surface area (Å²) < 4.78 is 11.8. The Labute approximate surface area is 229 Å². The van der Waals surface area contributed by atoms with Gasteiger partial charge in [0.25, 0.3) is 5.91 Å². The smallest absolute Gasteiger partial charge is 0.273 e. The molecule has 7 heteroatoms. The molecule has 0 saturated heterocycles. The molecule has 1 aliphatic rings. The number of ether oxygens (including phenoxy) is 2. The van der Waals surface area contributed by atoms with Crippen LogP contribution >= 0.6 is 0 Å². The van der Waals surface area contributed by atoms with Crippen molar-refractivity contribution in [2.45, 2.75) is 52.7 Å². The van der Waals surface area contributed by atoms with Gasteiger partial charge in [0.1, 0.15) is 23.7 Å². The molecule has 0 saturated carbocycles. The number of carbonyl (C=O) groups excluding carboxylic acids is 1. The minimum atomic E-state index is -0.379. The molecule has 39 heavy (non-hydrogen) atoms. The van der Waals surface area contributed by atoms with Crippen LogP contribution in [0.1, 0.15) is 70.5 Å². The van der Waals surface area contributed by atoms with Crippen LogP contribution < -0.4 is 9.47 Å². The first-order chi connectivity index (χ1) is 18.9. The molecule has 7 nitrogen and oxygen atoms in total. The highest BCUT2D eigenvalue weighted by Gasteiger charge is 2.42. The van der Waals surface area contributed by atoms with Crippen LogP contribution in [0.3, 0.4) is 0 Å². The number of aromatic hydroxyl groups is 1. The van der Waals surface area contributed by atoms with E-state index in [-0.39, 0.29) is 17.7 Å². The van der Waals surface area contributed by atoms with Gasteiger partial charge in [-0.15, -0.1) is 0 Å². The van der Waals surface area contributed by atoms with Crippen LogP contribution in [-0.2, 0) is 6.61 Å². The fourth-order valence-corrected chi connectivity index (χ4v) is 5.36. The molecule has 3 aromatic carbocycles. The highest BCUT2D eigenvalue weighted by molar-refractivity contribution is 6.00. The number of unbranched alkanes of at least 4 members (excludes halogenated alkanes) is 2. The number of phenolic OH excluding ortho intramolecular Hbond substituents is 1. The summed E-state index contributed by atoms with van der Waals surface area (Å²) >= 11 is 0. The molecule has 2 N–H and O–H groups in total. The zero-order valence-corrected chi connectivity index (χ0v) is 23.0. The Morgan fingerprint density at radius 2 is 1.82 bits per heavy atom. The van der Waals surface area contributed by atoms with Gasteiger partial charge in [-0.25, -0.2) is 0 Å². The lowest BCUT2D eigenvalue weighted by atomic mass is 9.93. The molecular formula is C32H35N3O4. The average Bonchev–Trinajstić information content (AvgIpc) is 3.49. The van der Waals surface area contributed by atoms with Gasteiger partial charge < -0.3 is 19.5 Å². The quantitative estimate of drug-likeness (QED) is 0.224. The van der Waals surface area contributed by atoms with Crippen molar-refractivity contribution in [1.82, 2.24) is 15.1 Å². The number of H-pyrrole nitrogens is 1. The normalized spacial score (nSPS) is 14.5. The minimum Gasteiger partial charge on any atom is -0.507 e. The van der Waals surface area contributed by atoms with Gasteiger partial charge in [-0.1, -0.05) is 62.2 Å². The maximum atomic E-state index is 13.7. The Morgan fingerprint density at radius 1 is 1.03 bits per heavy atom. The average molecular weight is 526 g/mol. The number of aromatic amines is 1. The second-order valence-electron chi connectivity index (χ2n) is 10.1. The van der Waals surface area contributed by atoms with Crippen LogP contribution in [0.25, 0.3) is 11.3 Å². The number of aromatic nitrogens is 2. The summed E-state index contributed by atoms with van der Waals surface area (Å²) in [7, 11) is 1.62. The van der Waals surface area contributed by atoms with Crippen LogP contribution in [0.5, 0.6) is 17.2 Å². The number of aryl methyl sites for hydroxylation is 2. The lowest BCUT2D eigenvalue weighted by Crippen LogP contribution is -2.30. The lowest BCUT2D eigenvalue weighted by Gasteiger charge is -2.27. The number of carbonyl (C=O) groups is 1. The summed E-state index contributed by atoms with van der Waals surface area (Å²) in [6, 6.07) is 19.3. The molecule has 1 aromatic heterocycles. The fraction of sp³-hybridized carbons (Fsp3) is 0.312. The van der Waals surface area contributed by atoms with E-state index in [1.807, 2.05) is 79.4 Å². The maximum absolute atomic E-state index is 13.7. The van der Waals surface area contributed by atoms with Crippen molar-refractivity contribution in [3.8, 4) is 28.5 Å². The van der Waals surface area contributed by atoms with Crippen molar-refractivity contribution in [1.29, 1.82) is 0 Å². The number of hydrogen-bond donors (Lipinski definition) is 2. The summed E-state index contributed by atoms with van der Waals surface area (Å²) in [5, 5.41) is 18.5. The Kier molecular flexibility index (Phi) is 7.59. The van der Waals surface area contributed by atoms with E-state index in [0.29, 0.717) is 41.6 Å². The van der Waals surface area contributed by atoms with E-state index in [0.717, 1.165) is 47.1 Å².